The first kappa shape index (κ1) is 14.7. The van der Waals surface area contributed by atoms with Crippen molar-refractivity contribution in [3.8, 4) is 0 Å². The summed E-state index contributed by atoms with van der Waals surface area (Å²) in [6, 6.07) is 10.3. The molecule has 1 amide bonds. The van der Waals surface area contributed by atoms with Gasteiger partial charge in [0, 0.05) is 32.1 Å². The zero-order valence-electron chi connectivity index (χ0n) is 12.7. The normalized spacial score (nSPS) is 18.4. The lowest BCUT2D eigenvalue weighted by Crippen LogP contribution is -2.48. The highest BCUT2D eigenvalue weighted by Gasteiger charge is 2.28. The highest BCUT2D eigenvalue weighted by molar-refractivity contribution is 5.89. The van der Waals surface area contributed by atoms with Gasteiger partial charge in [0.15, 0.2) is 0 Å². The Morgan fingerprint density at radius 3 is 2.95 bits per heavy atom. The number of hydrogen-bond donors (Lipinski definition) is 1. The van der Waals surface area contributed by atoms with Gasteiger partial charge in [-0.25, -0.2) is 0 Å². The summed E-state index contributed by atoms with van der Waals surface area (Å²) in [5.74, 6) is 0.440. The molecule has 0 radical (unpaired) electrons. The Morgan fingerprint density at radius 2 is 2.18 bits per heavy atom. The van der Waals surface area contributed by atoms with Crippen LogP contribution in [0, 0.1) is 0 Å². The summed E-state index contributed by atoms with van der Waals surface area (Å²) in [7, 11) is 0. The van der Waals surface area contributed by atoms with Crippen LogP contribution in [0.5, 0.6) is 0 Å². The van der Waals surface area contributed by atoms with E-state index in [2.05, 4.69) is 27.6 Å². The van der Waals surface area contributed by atoms with E-state index in [1.807, 2.05) is 25.1 Å². The Morgan fingerprint density at radius 1 is 1.36 bits per heavy atom. The summed E-state index contributed by atoms with van der Waals surface area (Å²) in [6.45, 7) is 4.04. The van der Waals surface area contributed by atoms with Crippen LogP contribution in [0.1, 0.15) is 41.5 Å². The Balaban J connectivity index is 1.69. The molecule has 6 heteroatoms. The molecule has 0 bridgehead atoms. The molecule has 22 heavy (non-hydrogen) atoms. The molecule has 2 heterocycles. The summed E-state index contributed by atoms with van der Waals surface area (Å²) in [6.07, 6.45) is 1.62. The van der Waals surface area contributed by atoms with E-state index in [0.29, 0.717) is 25.4 Å². The van der Waals surface area contributed by atoms with Crippen molar-refractivity contribution >= 4 is 5.91 Å². The summed E-state index contributed by atoms with van der Waals surface area (Å²) < 4.78 is 5.45. The number of hydrogen-bond acceptors (Lipinski definition) is 5. The number of aromatic nitrogens is 2. The lowest BCUT2D eigenvalue weighted by molar-refractivity contribution is 0.0660. The van der Waals surface area contributed by atoms with Gasteiger partial charge in [0.1, 0.15) is 0 Å². The van der Waals surface area contributed by atoms with E-state index in [1.165, 1.54) is 5.56 Å². The summed E-state index contributed by atoms with van der Waals surface area (Å²) in [5.41, 5.74) is 1.18. The maximum Gasteiger partial charge on any atom is 0.311 e. The SMILES string of the molecule is CCCc1nnc(C(=O)N2CCN[C@@H](c3ccccc3)C2)o1. The van der Waals surface area contributed by atoms with Crippen molar-refractivity contribution in [3.63, 3.8) is 0 Å². The van der Waals surface area contributed by atoms with E-state index >= 15 is 0 Å². The van der Waals surface area contributed by atoms with E-state index in [1.54, 1.807) is 4.90 Å². The van der Waals surface area contributed by atoms with E-state index < -0.39 is 0 Å². The van der Waals surface area contributed by atoms with Crippen LogP contribution in [0.15, 0.2) is 34.7 Å². The van der Waals surface area contributed by atoms with Crippen molar-refractivity contribution < 1.29 is 9.21 Å². The molecular formula is C16H20N4O2. The molecule has 1 aliphatic heterocycles. The third kappa shape index (κ3) is 3.17. The van der Waals surface area contributed by atoms with Gasteiger partial charge in [-0.05, 0) is 12.0 Å². The first-order valence-corrected chi connectivity index (χ1v) is 7.68. The van der Waals surface area contributed by atoms with Gasteiger partial charge in [-0.3, -0.25) is 4.79 Å². The number of piperazine rings is 1. The smallest absolute Gasteiger partial charge is 0.311 e. The molecule has 0 saturated carbocycles. The van der Waals surface area contributed by atoms with Gasteiger partial charge in [-0.15, -0.1) is 10.2 Å². The molecule has 0 unspecified atom stereocenters. The number of amides is 1. The average Bonchev–Trinajstić information content (AvgIpc) is 3.04. The molecule has 1 aromatic heterocycles. The minimum absolute atomic E-state index is 0.0946. The van der Waals surface area contributed by atoms with Crippen LogP contribution >= 0.6 is 0 Å². The molecule has 0 aliphatic carbocycles. The van der Waals surface area contributed by atoms with Crippen LogP contribution in [0.2, 0.25) is 0 Å². The number of nitrogens with zero attached hydrogens (tertiary/aromatic N) is 3. The topological polar surface area (TPSA) is 71.3 Å². The molecule has 3 rings (SSSR count). The molecule has 1 atom stereocenters. The first-order chi connectivity index (χ1) is 10.8. The summed E-state index contributed by atoms with van der Waals surface area (Å²) in [5, 5.41) is 11.2. The van der Waals surface area contributed by atoms with Crippen LogP contribution in [0.4, 0.5) is 0 Å². The van der Waals surface area contributed by atoms with Gasteiger partial charge in [-0.1, -0.05) is 37.3 Å². The lowest BCUT2D eigenvalue weighted by atomic mass is 10.0. The Hall–Kier alpha value is -2.21. The Kier molecular flexibility index (Phi) is 4.48. The third-order valence-corrected chi connectivity index (χ3v) is 3.78. The quantitative estimate of drug-likeness (QED) is 0.932. The number of carbonyl (C=O) groups excluding carboxylic acids is 1. The van der Waals surface area contributed by atoms with Gasteiger partial charge in [0.2, 0.25) is 5.89 Å². The van der Waals surface area contributed by atoms with E-state index in [0.717, 1.165) is 13.0 Å². The Bertz CT molecular complexity index is 626. The van der Waals surface area contributed by atoms with Crippen LogP contribution in [0.3, 0.4) is 0 Å². The van der Waals surface area contributed by atoms with Gasteiger partial charge in [0.05, 0.1) is 0 Å². The van der Waals surface area contributed by atoms with Crippen molar-refractivity contribution in [2.45, 2.75) is 25.8 Å². The van der Waals surface area contributed by atoms with E-state index in [-0.39, 0.29) is 17.8 Å². The monoisotopic (exact) mass is 300 g/mol. The van der Waals surface area contributed by atoms with Gasteiger partial charge in [-0.2, -0.15) is 0 Å². The number of aryl methyl sites for hydroxylation is 1. The number of rotatable bonds is 4. The molecular weight excluding hydrogens is 280 g/mol. The van der Waals surface area contributed by atoms with Gasteiger partial charge >= 0.3 is 11.8 Å². The largest absolute Gasteiger partial charge is 0.417 e. The van der Waals surface area contributed by atoms with Gasteiger partial charge in [0.25, 0.3) is 0 Å². The minimum Gasteiger partial charge on any atom is -0.417 e. The Labute approximate surface area is 129 Å². The highest BCUT2D eigenvalue weighted by Crippen LogP contribution is 2.18. The van der Waals surface area contributed by atoms with Crippen LogP contribution < -0.4 is 5.32 Å². The molecule has 1 fully saturated rings. The first-order valence-electron chi connectivity index (χ1n) is 7.68. The molecule has 1 N–H and O–H groups in total. The number of benzene rings is 1. The summed E-state index contributed by atoms with van der Waals surface area (Å²) in [4.78, 5) is 14.3. The van der Waals surface area contributed by atoms with E-state index in [9.17, 15) is 4.79 Å². The van der Waals surface area contributed by atoms with Crippen molar-refractivity contribution in [3.05, 3.63) is 47.7 Å². The fraction of sp³-hybridized carbons (Fsp3) is 0.438. The molecule has 2 aromatic rings. The van der Waals surface area contributed by atoms with Crippen LogP contribution in [0.25, 0.3) is 0 Å². The van der Waals surface area contributed by atoms with E-state index in [4.69, 9.17) is 4.42 Å². The van der Waals surface area contributed by atoms with Crippen molar-refractivity contribution in [2.75, 3.05) is 19.6 Å². The second-order valence-electron chi connectivity index (χ2n) is 5.42. The average molecular weight is 300 g/mol. The second kappa shape index (κ2) is 6.70. The fourth-order valence-electron chi connectivity index (χ4n) is 2.63. The highest BCUT2D eigenvalue weighted by atomic mass is 16.4. The molecule has 116 valence electrons. The standard InChI is InChI=1S/C16H20N4O2/c1-2-6-14-18-19-15(22-14)16(21)20-10-9-17-13(11-20)12-7-4-3-5-8-12/h3-5,7-8,13,17H,2,6,9-11H2,1H3/t13-/m1/s1. The lowest BCUT2D eigenvalue weighted by Gasteiger charge is -2.33. The number of carbonyl (C=O) groups is 1. The summed E-state index contributed by atoms with van der Waals surface area (Å²) >= 11 is 0. The molecule has 6 nitrogen and oxygen atoms in total. The third-order valence-electron chi connectivity index (χ3n) is 3.78. The molecule has 0 spiro atoms. The van der Waals surface area contributed by atoms with Crippen molar-refractivity contribution in [1.29, 1.82) is 0 Å². The minimum atomic E-state index is -0.183. The predicted octanol–water partition coefficient (Wildman–Crippen LogP) is 1.81. The predicted molar refractivity (Wildman–Crippen MR) is 81.4 cm³/mol. The number of nitrogens with one attached hydrogen (secondary N) is 1. The van der Waals surface area contributed by atoms with Crippen LogP contribution in [-0.2, 0) is 6.42 Å². The molecule has 1 aromatic carbocycles. The zero-order chi connectivity index (χ0) is 15.4. The fourth-order valence-corrected chi connectivity index (χ4v) is 2.63. The maximum atomic E-state index is 12.5. The van der Waals surface area contributed by atoms with Crippen molar-refractivity contribution in [2.24, 2.45) is 0 Å². The zero-order valence-corrected chi connectivity index (χ0v) is 12.7. The van der Waals surface area contributed by atoms with Gasteiger partial charge < -0.3 is 14.6 Å². The molecule has 1 saturated heterocycles. The maximum absolute atomic E-state index is 12.5. The molecule has 1 aliphatic rings. The van der Waals surface area contributed by atoms with Crippen LogP contribution in [-0.4, -0.2) is 40.6 Å². The second-order valence-corrected chi connectivity index (χ2v) is 5.42. The van der Waals surface area contributed by atoms with Crippen molar-refractivity contribution in [1.82, 2.24) is 20.4 Å².